The van der Waals surface area contributed by atoms with Crippen LogP contribution >= 0.6 is 0 Å². The van der Waals surface area contributed by atoms with E-state index >= 15 is 0 Å². The highest BCUT2D eigenvalue weighted by atomic mass is 16.5. The Hall–Kier alpha value is -0.870. The third-order valence-corrected chi connectivity index (χ3v) is 1.69. The van der Waals surface area contributed by atoms with Crippen molar-refractivity contribution >= 4 is 0 Å². The van der Waals surface area contributed by atoms with Crippen LogP contribution in [0.15, 0.2) is 12.4 Å². The van der Waals surface area contributed by atoms with Gasteiger partial charge in [0.25, 0.3) is 0 Å². The Morgan fingerprint density at radius 1 is 1.75 bits per heavy atom. The number of nitrogens with zero attached hydrogens (tertiary/aromatic N) is 2. The molecule has 1 unspecified atom stereocenters. The van der Waals surface area contributed by atoms with Crippen LogP contribution in [0.3, 0.4) is 0 Å². The van der Waals surface area contributed by atoms with Crippen LogP contribution in [0.4, 0.5) is 0 Å². The first-order chi connectivity index (χ1) is 5.75. The number of rotatable bonds is 4. The van der Waals surface area contributed by atoms with E-state index in [0.29, 0.717) is 13.2 Å². The first-order valence-electron chi connectivity index (χ1n) is 4.06. The molecule has 0 aromatic carbocycles. The molecule has 0 bridgehead atoms. The minimum atomic E-state index is -0.120. The van der Waals surface area contributed by atoms with Gasteiger partial charge >= 0.3 is 0 Å². The summed E-state index contributed by atoms with van der Waals surface area (Å²) < 4.78 is 7.10. The van der Waals surface area contributed by atoms with E-state index in [1.54, 1.807) is 6.20 Å². The minimum absolute atomic E-state index is 0.120. The molecule has 68 valence electrons. The van der Waals surface area contributed by atoms with Crippen LogP contribution in [0, 0.1) is 0 Å². The van der Waals surface area contributed by atoms with E-state index in [9.17, 15) is 0 Å². The summed E-state index contributed by atoms with van der Waals surface area (Å²) in [6, 6.07) is -0.120. The number of ether oxygens (including phenoxy) is 1. The van der Waals surface area contributed by atoms with E-state index in [0.717, 1.165) is 5.82 Å². The fourth-order valence-corrected chi connectivity index (χ4v) is 1.05. The number of aromatic nitrogens is 2. The topological polar surface area (TPSA) is 53.1 Å². The Bertz CT molecular complexity index is 234. The lowest BCUT2D eigenvalue weighted by atomic mass is 10.3. The molecule has 0 amide bonds. The van der Waals surface area contributed by atoms with Crippen LogP contribution in [0.25, 0.3) is 0 Å². The molecule has 0 fully saturated rings. The summed E-state index contributed by atoms with van der Waals surface area (Å²) in [4.78, 5) is 4.13. The summed E-state index contributed by atoms with van der Waals surface area (Å²) in [5.74, 6) is 0.864. The summed E-state index contributed by atoms with van der Waals surface area (Å²) in [5.41, 5.74) is 5.82. The predicted molar refractivity (Wildman–Crippen MR) is 46.6 cm³/mol. The normalized spacial score (nSPS) is 13.2. The molecule has 1 aromatic heterocycles. The molecule has 0 aliphatic rings. The van der Waals surface area contributed by atoms with Gasteiger partial charge in [0.05, 0.1) is 12.6 Å². The molecule has 1 aromatic rings. The number of nitrogens with two attached hydrogens (primary N) is 1. The van der Waals surface area contributed by atoms with Gasteiger partial charge < -0.3 is 15.0 Å². The lowest BCUT2D eigenvalue weighted by Gasteiger charge is -2.10. The number of hydrogen-bond donors (Lipinski definition) is 1. The molecular formula is C8H15N3O. The summed E-state index contributed by atoms with van der Waals surface area (Å²) in [5, 5.41) is 0. The van der Waals surface area contributed by atoms with E-state index in [1.807, 2.05) is 24.7 Å². The van der Waals surface area contributed by atoms with Gasteiger partial charge in [0.15, 0.2) is 0 Å². The highest BCUT2D eigenvalue weighted by Crippen LogP contribution is 2.05. The smallest absolute Gasteiger partial charge is 0.127 e. The standard InChI is InChI=1S/C8H15N3O/c1-3-12-6-7(9)8-10-4-5-11(8)2/h4-5,7H,3,6,9H2,1-2H3. The van der Waals surface area contributed by atoms with Crippen molar-refractivity contribution in [3.8, 4) is 0 Å². The molecule has 1 rings (SSSR count). The second-order valence-corrected chi connectivity index (χ2v) is 2.66. The Morgan fingerprint density at radius 3 is 3.00 bits per heavy atom. The first kappa shape index (κ1) is 9.22. The second kappa shape index (κ2) is 4.23. The molecule has 1 heterocycles. The van der Waals surface area contributed by atoms with Gasteiger partial charge in [0, 0.05) is 26.0 Å². The summed E-state index contributed by atoms with van der Waals surface area (Å²) >= 11 is 0. The van der Waals surface area contributed by atoms with Crippen molar-refractivity contribution < 1.29 is 4.74 Å². The average Bonchev–Trinajstić information content (AvgIpc) is 2.47. The fourth-order valence-electron chi connectivity index (χ4n) is 1.05. The van der Waals surface area contributed by atoms with Crippen molar-refractivity contribution in [2.24, 2.45) is 12.8 Å². The van der Waals surface area contributed by atoms with Crippen LogP contribution < -0.4 is 5.73 Å². The van der Waals surface area contributed by atoms with Crippen LogP contribution in [-0.4, -0.2) is 22.8 Å². The minimum Gasteiger partial charge on any atom is -0.380 e. The van der Waals surface area contributed by atoms with Gasteiger partial charge in [-0.25, -0.2) is 4.98 Å². The molecule has 0 aliphatic carbocycles. The number of hydrogen-bond acceptors (Lipinski definition) is 3. The van der Waals surface area contributed by atoms with Crippen LogP contribution in [-0.2, 0) is 11.8 Å². The third-order valence-electron chi connectivity index (χ3n) is 1.69. The summed E-state index contributed by atoms with van der Waals surface area (Å²) in [6.07, 6.45) is 3.61. The summed E-state index contributed by atoms with van der Waals surface area (Å²) in [7, 11) is 1.92. The van der Waals surface area contributed by atoms with E-state index in [-0.39, 0.29) is 6.04 Å². The van der Waals surface area contributed by atoms with Crippen molar-refractivity contribution in [2.75, 3.05) is 13.2 Å². The molecule has 4 nitrogen and oxygen atoms in total. The van der Waals surface area contributed by atoms with Gasteiger partial charge in [-0.2, -0.15) is 0 Å². The Morgan fingerprint density at radius 2 is 2.50 bits per heavy atom. The molecule has 0 radical (unpaired) electrons. The van der Waals surface area contributed by atoms with E-state index in [1.165, 1.54) is 0 Å². The number of imidazole rings is 1. The molecule has 0 saturated heterocycles. The average molecular weight is 169 g/mol. The highest BCUT2D eigenvalue weighted by molar-refractivity contribution is 4.97. The maximum Gasteiger partial charge on any atom is 0.127 e. The van der Waals surface area contributed by atoms with E-state index in [4.69, 9.17) is 10.5 Å². The van der Waals surface area contributed by atoms with E-state index < -0.39 is 0 Å². The zero-order valence-corrected chi connectivity index (χ0v) is 7.53. The van der Waals surface area contributed by atoms with Gasteiger partial charge in [-0.1, -0.05) is 0 Å². The summed E-state index contributed by atoms with van der Waals surface area (Å²) in [6.45, 7) is 3.17. The van der Waals surface area contributed by atoms with Gasteiger partial charge in [0.1, 0.15) is 5.82 Å². The van der Waals surface area contributed by atoms with Crippen molar-refractivity contribution in [2.45, 2.75) is 13.0 Å². The van der Waals surface area contributed by atoms with Crippen molar-refractivity contribution in [1.82, 2.24) is 9.55 Å². The predicted octanol–water partition coefficient (Wildman–Crippen LogP) is 0.456. The van der Waals surface area contributed by atoms with Crippen molar-refractivity contribution in [3.63, 3.8) is 0 Å². The first-order valence-corrected chi connectivity index (χ1v) is 4.06. The van der Waals surface area contributed by atoms with Gasteiger partial charge in [0.2, 0.25) is 0 Å². The monoisotopic (exact) mass is 169 g/mol. The lowest BCUT2D eigenvalue weighted by molar-refractivity contribution is 0.131. The molecule has 0 saturated carbocycles. The molecule has 12 heavy (non-hydrogen) atoms. The molecule has 2 N–H and O–H groups in total. The Kier molecular flexibility index (Phi) is 3.25. The lowest BCUT2D eigenvalue weighted by Crippen LogP contribution is -2.20. The molecule has 0 aliphatic heterocycles. The SMILES string of the molecule is CCOCC(N)c1nccn1C. The van der Waals surface area contributed by atoms with Gasteiger partial charge in [-0.15, -0.1) is 0 Å². The Balaban J connectivity index is 2.52. The van der Waals surface area contributed by atoms with Crippen molar-refractivity contribution in [1.29, 1.82) is 0 Å². The quantitative estimate of drug-likeness (QED) is 0.712. The van der Waals surface area contributed by atoms with Gasteiger partial charge in [-0.3, -0.25) is 0 Å². The molecule has 0 spiro atoms. The van der Waals surface area contributed by atoms with Crippen LogP contribution in [0.1, 0.15) is 18.8 Å². The van der Waals surface area contributed by atoms with Crippen LogP contribution in [0.5, 0.6) is 0 Å². The fraction of sp³-hybridized carbons (Fsp3) is 0.625. The van der Waals surface area contributed by atoms with E-state index in [2.05, 4.69) is 4.98 Å². The second-order valence-electron chi connectivity index (χ2n) is 2.66. The molecule has 1 atom stereocenters. The number of aryl methyl sites for hydroxylation is 1. The maximum absolute atomic E-state index is 5.82. The highest BCUT2D eigenvalue weighted by Gasteiger charge is 2.09. The molecular weight excluding hydrogens is 154 g/mol. The third kappa shape index (κ3) is 2.06. The zero-order valence-electron chi connectivity index (χ0n) is 7.53. The zero-order chi connectivity index (χ0) is 8.97. The maximum atomic E-state index is 5.82. The van der Waals surface area contributed by atoms with Crippen molar-refractivity contribution in [3.05, 3.63) is 18.2 Å². The largest absolute Gasteiger partial charge is 0.380 e. The van der Waals surface area contributed by atoms with Gasteiger partial charge in [-0.05, 0) is 6.92 Å². The molecule has 4 heteroatoms. The Labute approximate surface area is 72.3 Å². The van der Waals surface area contributed by atoms with Crippen LogP contribution in [0.2, 0.25) is 0 Å².